The average Bonchev–Trinajstić information content (AvgIpc) is 3.64. The maximum absolute atomic E-state index is 14.7. The van der Waals surface area contributed by atoms with E-state index in [0.717, 1.165) is 17.7 Å². The molecule has 1 amide bonds. The zero-order valence-corrected chi connectivity index (χ0v) is 29.2. The first-order valence-electron chi connectivity index (χ1n) is 16.5. The van der Waals surface area contributed by atoms with Crippen molar-refractivity contribution in [3.8, 4) is 6.07 Å². The number of aromatic nitrogens is 4. The Morgan fingerprint density at radius 2 is 1.75 bits per heavy atom. The number of fused-ring (bicyclic) bond motifs is 1. The van der Waals surface area contributed by atoms with Crippen molar-refractivity contribution in [2.45, 2.75) is 37.4 Å². The second-order valence-corrected chi connectivity index (χ2v) is 13.5. The number of halogens is 5. The second kappa shape index (κ2) is 15.0. The zero-order chi connectivity index (χ0) is 37.2. The molecule has 0 spiro atoms. The van der Waals surface area contributed by atoms with Gasteiger partial charge >= 0.3 is 6.09 Å². The lowest BCUT2D eigenvalue weighted by atomic mass is 9.92. The first-order chi connectivity index (χ1) is 25.6. The highest BCUT2D eigenvalue weighted by atomic mass is 35.5. The molecular formula is C38H29Cl2F3N8O2. The number of carbonyl (C=O) groups is 1. The summed E-state index contributed by atoms with van der Waals surface area (Å²) in [7, 11) is 0. The molecule has 0 aliphatic carbocycles. The van der Waals surface area contributed by atoms with Crippen LogP contribution in [0.15, 0.2) is 91.3 Å². The van der Waals surface area contributed by atoms with E-state index in [-0.39, 0.29) is 27.7 Å². The minimum absolute atomic E-state index is 0.117. The fourth-order valence-electron chi connectivity index (χ4n) is 6.67. The van der Waals surface area contributed by atoms with Crippen LogP contribution in [0.3, 0.4) is 0 Å². The van der Waals surface area contributed by atoms with Gasteiger partial charge < -0.3 is 20.6 Å². The van der Waals surface area contributed by atoms with Crippen LogP contribution in [0, 0.1) is 28.8 Å². The number of carboxylic acid groups (broad SMARTS) is 1. The minimum atomic E-state index is -1.06. The van der Waals surface area contributed by atoms with Gasteiger partial charge in [-0.25, -0.2) is 22.6 Å². The molecule has 3 atom stereocenters. The molecule has 3 heterocycles. The lowest BCUT2D eigenvalue weighted by molar-refractivity contribution is 0.0887. The lowest BCUT2D eigenvalue weighted by Crippen LogP contribution is -2.47. The van der Waals surface area contributed by atoms with Crippen LogP contribution in [0.4, 0.5) is 35.0 Å². The first kappa shape index (κ1) is 35.6. The van der Waals surface area contributed by atoms with Gasteiger partial charge in [0.15, 0.2) is 11.6 Å². The van der Waals surface area contributed by atoms with Crippen molar-refractivity contribution in [2.24, 2.45) is 0 Å². The molecule has 2 aromatic heterocycles. The van der Waals surface area contributed by atoms with E-state index in [1.54, 1.807) is 23.0 Å². The van der Waals surface area contributed by atoms with E-state index in [1.807, 2.05) is 30.3 Å². The Labute approximate surface area is 311 Å². The smallest absolute Gasteiger partial charge is 0.407 e. The van der Waals surface area contributed by atoms with Gasteiger partial charge in [0.05, 0.1) is 45.1 Å². The molecule has 4 aromatic carbocycles. The molecule has 1 aliphatic rings. The highest BCUT2D eigenvalue weighted by Gasteiger charge is 2.33. The van der Waals surface area contributed by atoms with E-state index in [0.29, 0.717) is 65.0 Å². The molecule has 7 rings (SSSR count). The van der Waals surface area contributed by atoms with Crippen LogP contribution in [0.2, 0.25) is 10.0 Å². The van der Waals surface area contributed by atoms with Crippen molar-refractivity contribution in [1.29, 1.82) is 5.26 Å². The molecule has 268 valence electrons. The third-order valence-corrected chi connectivity index (χ3v) is 9.85. The Bertz CT molecular complexity index is 2370. The molecule has 10 nitrogen and oxygen atoms in total. The zero-order valence-electron chi connectivity index (χ0n) is 27.6. The van der Waals surface area contributed by atoms with Crippen molar-refractivity contribution in [3.05, 3.63) is 141 Å². The van der Waals surface area contributed by atoms with E-state index < -0.39 is 29.6 Å². The van der Waals surface area contributed by atoms with Crippen LogP contribution >= 0.6 is 23.2 Å². The molecule has 6 aromatic rings. The summed E-state index contributed by atoms with van der Waals surface area (Å²) in [6.07, 6.45) is 3.59. The highest BCUT2D eigenvalue weighted by Crippen LogP contribution is 2.38. The van der Waals surface area contributed by atoms with E-state index in [9.17, 15) is 28.3 Å². The standard InChI is InChI=1S/C38H29Cl2F3N8O2/c39-29-15-24(7-9-31(29)41)46-35-23(18-44)19-45-37-28(35)14-25(16-30(37)40)47-36(22-6-8-32(42)33(43)13-22)34-20-51(49-48-34)26-10-11-50(38(52)53)27(17-26)12-21-4-2-1-3-5-21/h1-9,13-16,19-20,26-27,36,47H,10-12,17H2,(H,45,46)(H,52,53). The number of nitrogens with zero attached hydrogens (tertiary/aromatic N) is 6. The average molecular weight is 758 g/mol. The number of nitriles is 1. The molecule has 1 aliphatic heterocycles. The predicted molar refractivity (Wildman–Crippen MR) is 195 cm³/mol. The minimum Gasteiger partial charge on any atom is -0.465 e. The molecule has 0 bridgehead atoms. The Morgan fingerprint density at radius 3 is 2.49 bits per heavy atom. The fraction of sp³-hybridized carbons (Fsp3) is 0.184. The summed E-state index contributed by atoms with van der Waals surface area (Å²) in [6.45, 7) is 0.298. The van der Waals surface area contributed by atoms with E-state index >= 15 is 0 Å². The number of pyridine rings is 1. The number of benzene rings is 4. The number of anilines is 3. The number of piperidine rings is 1. The molecule has 0 radical (unpaired) electrons. The van der Waals surface area contributed by atoms with Crippen LogP contribution in [0.25, 0.3) is 10.9 Å². The Hall–Kier alpha value is -5.84. The lowest BCUT2D eigenvalue weighted by Gasteiger charge is -2.37. The van der Waals surface area contributed by atoms with E-state index in [4.69, 9.17) is 23.2 Å². The van der Waals surface area contributed by atoms with Gasteiger partial charge in [0.2, 0.25) is 0 Å². The second-order valence-electron chi connectivity index (χ2n) is 12.6. The molecule has 1 fully saturated rings. The molecule has 0 saturated carbocycles. The number of rotatable bonds is 9. The SMILES string of the molecule is N#Cc1cnc2c(Cl)cc(NC(c3ccc(F)c(F)c3)c3cn(C4CCN(C(=O)O)C(Cc5ccccc5)C4)nn3)cc2c1Nc1ccc(F)c(Cl)c1. The number of nitrogens with one attached hydrogen (secondary N) is 2. The quantitative estimate of drug-likeness (QED) is 0.133. The molecule has 3 N–H and O–H groups in total. The van der Waals surface area contributed by atoms with Gasteiger partial charge in [0, 0.05) is 35.5 Å². The Morgan fingerprint density at radius 1 is 0.981 bits per heavy atom. The Kier molecular flexibility index (Phi) is 10.1. The van der Waals surface area contributed by atoms with Crippen LogP contribution in [0.5, 0.6) is 0 Å². The highest BCUT2D eigenvalue weighted by molar-refractivity contribution is 6.36. The third kappa shape index (κ3) is 7.55. The normalized spacial score (nSPS) is 16.3. The van der Waals surface area contributed by atoms with Gasteiger partial charge in [-0.2, -0.15) is 5.26 Å². The van der Waals surface area contributed by atoms with Gasteiger partial charge in [0.25, 0.3) is 0 Å². The van der Waals surface area contributed by atoms with Gasteiger partial charge in [-0.05, 0) is 72.9 Å². The summed E-state index contributed by atoms with van der Waals surface area (Å²) in [5, 5.41) is 35.7. The number of amides is 1. The van der Waals surface area contributed by atoms with Crippen molar-refractivity contribution in [1.82, 2.24) is 24.9 Å². The van der Waals surface area contributed by atoms with E-state index in [2.05, 4.69) is 32.0 Å². The van der Waals surface area contributed by atoms with Gasteiger partial charge in [-0.15, -0.1) is 5.10 Å². The molecule has 1 saturated heterocycles. The molecular weight excluding hydrogens is 728 g/mol. The summed E-state index contributed by atoms with van der Waals surface area (Å²) in [4.78, 5) is 18.0. The van der Waals surface area contributed by atoms with Gasteiger partial charge in [-0.3, -0.25) is 4.98 Å². The summed E-state index contributed by atoms with van der Waals surface area (Å²) in [5.74, 6) is -2.69. The van der Waals surface area contributed by atoms with Crippen molar-refractivity contribution in [2.75, 3.05) is 17.2 Å². The van der Waals surface area contributed by atoms with Crippen molar-refractivity contribution in [3.63, 3.8) is 0 Å². The number of likely N-dealkylation sites (tertiary alicyclic amines) is 1. The van der Waals surface area contributed by atoms with Crippen LogP contribution in [0.1, 0.15) is 47.3 Å². The summed E-state index contributed by atoms with van der Waals surface area (Å²) >= 11 is 12.8. The third-order valence-electron chi connectivity index (χ3n) is 9.27. The monoisotopic (exact) mass is 756 g/mol. The maximum atomic E-state index is 14.7. The fourth-order valence-corrected chi connectivity index (χ4v) is 7.12. The van der Waals surface area contributed by atoms with E-state index in [1.165, 1.54) is 35.4 Å². The van der Waals surface area contributed by atoms with Gasteiger partial charge in [0.1, 0.15) is 17.6 Å². The van der Waals surface area contributed by atoms with Gasteiger partial charge in [-0.1, -0.05) is 64.8 Å². The number of hydrogen-bond donors (Lipinski definition) is 3. The van der Waals surface area contributed by atoms with Crippen molar-refractivity contribution >= 4 is 57.3 Å². The largest absolute Gasteiger partial charge is 0.465 e. The Balaban J connectivity index is 1.24. The topological polar surface area (TPSA) is 132 Å². The van der Waals surface area contributed by atoms with Crippen LogP contribution < -0.4 is 10.6 Å². The molecule has 15 heteroatoms. The maximum Gasteiger partial charge on any atom is 0.407 e. The van der Waals surface area contributed by atoms with Crippen LogP contribution in [-0.2, 0) is 6.42 Å². The number of hydrogen-bond acceptors (Lipinski definition) is 7. The molecule has 3 unspecified atom stereocenters. The summed E-state index contributed by atoms with van der Waals surface area (Å²) in [5.41, 5.74) is 3.41. The summed E-state index contributed by atoms with van der Waals surface area (Å²) < 4.78 is 44.4. The van der Waals surface area contributed by atoms with Crippen molar-refractivity contribution < 1.29 is 23.1 Å². The molecule has 53 heavy (non-hydrogen) atoms. The van der Waals surface area contributed by atoms with Crippen LogP contribution in [-0.4, -0.2) is 48.7 Å². The first-order valence-corrected chi connectivity index (χ1v) is 17.2. The summed E-state index contributed by atoms with van der Waals surface area (Å²) in [6, 6.07) is 21.3. The predicted octanol–water partition coefficient (Wildman–Crippen LogP) is 9.29.